The van der Waals surface area contributed by atoms with E-state index in [2.05, 4.69) is 19.7 Å². The van der Waals surface area contributed by atoms with Crippen LogP contribution in [0.25, 0.3) is 22.3 Å². The first-order chi connectivity index (χ1) is 18.6. The number of hydrogen-bond donors (Lipinski definition) is 0. The third-order valence-corrected chi connectivity index (χ3v) is 5.77. The van der Waals surface area contributed by atoms with E-state index in [-0.39, 0.29) is 24.4 Å². The van der Waals surface area contributed by atoms with Gasteiger partial charge in [0.05, 0.1) is 5.92 Å². The van der Waals surface area contributed by atoms with Crippen molar-refractivity contribution in [2.45, 2.75) is 19.8 Å². The van der Waals surface area contributed by atoms with Gasteiger partial charge < -0.3 is 14.2 Å². The first-order valence-corrected chi connectivity index (χ1v) is 12.1. The van der Waals surface area contributed by atoms with Crippen molar-refractivity contribution >= 4 is 17.9 Å². The van der Waals surface area contributed by atoms with Crippen molar-refractivity contribution in [2.75, 3.05) is 13.2 Å². The number of halogens is 1. The summed E-state index contributed by atoms with van der Waals surface area (Å²) >= 11 is 0. The average molecular weight is 529 g/mol. The maximum absolute atomic E-state index is 15.1. The molecule has 7 heteroatoms. The molecule has 0 bridgehead atoms. The van der Waals surface area contributed by atoms with Gasteiger partial charge in [-0.15, -0.1) is 0 Å². The van der Waals surface area contributed by atoms with E-state index < -0.39 is 29.6 Å². The van der Waals surface area contributed by atoms with Crippen LogP contribution < -0.4 is 4.74 Å². The number of esters is 3. The molecule has 6 nitrogen and oxygen atoms in total. The van der Waals surface area contributed by atoms with E-state index in [0.29, 0.717) is 22.4 Å². The third-order valence-electron chi connectivity index (χ3n) is 5.77. The molecule has 0 amide bonds. The van der Waals surface area contributed by atoms with Crippen LogP contribution in [0, 0.1) is 5.82 Å². The fourth-order valence-electron chi connectivity index (χ4n) is 3.55. The van der Waals surface area contributed by atoms with Crippen LogP contribution in [0.2, 0.25) is 0 Å². The first kappa shape index (κ1) is 28.8. The van der Waals surface area contributed by atoms with Crippen LogP contribution >= 0.6 is 0 Å². The van der Waals surface area contributed by atoms with Gasteiger partial charge >= 0.3 is 17.9 Å². The topological polar surface area (TPSA) is 78.9 Å². The highest BCUT2D eigenvalue weighted by Gasteiger charge is 2.18. The van der Waals surface area contributed by atoms with Gasteiger partial charge in [0.2, 0.25) is 0 Å². The number of benzene rings is 3. The molecule has 0 aliphatic rings. The number of carbonyl (C=O) groups is 3. The van der Waals surface area contributed by atoms with E-state index >= 15 is 4.39 Å². The number of carbonyl (C=O) groups excluding carboxylic acids is 3. The molecule has 3 aromatic rings. The summed E-state index contributed by atoms with van der Waals surface area (Å²) in [6.45, 7) is 13.6. The Bertz CT molecular complexity index is 1400. The Morgan fingerprint density at radius 1 is 0.795 bits per heavy atom. The molecule has 200 valence electrons. The SMILES string of the molecule is C=CC(=O)OCC(COC(=O)C(=C)C)c1ccc(-c2ccc(-c3ccc(OC(=O)C(=C)C)cc3)c(F)c2)cc1. The van der Waals surface area contributed by atoms with Gasteiger partial charge in [-0.25, -0.2) is 18.8 Å². The van der Waals surface area contributed by atoms with Gasteiger partial charge in [-0.3, -0.25) is 0 Å². The summed E-state index contributed by atoms with van der Waals surface area (Å²) in [6.07, 6.45) is 1.06. The largest absolute Gasteiger partial charge is 0.462 e. The molecule has 0 radical (unpaired) electrons. The maximum Gasteiger partial charge on any atom is 0.338 e. The predicted octanol–water partition coefficient (Wildman–Crippen LogP) is 6.57. The lowest BCUT2D eigenvalue weighted by molar-refractivity contribution is -0.142. The lowest BCUT2D eigenvalue weighted by atomic mass is 9.95. The van der Waals surface area contributed by atoms with Crippen LogP contribution in [0.15, 0.2) is 104 Å². The zero-order valence-electron chi connectivity index (χ0n) is 21.9. The molecule has 0 saturated carbocycles. The molecule has 0 saturated heterocycles. The van der Waals surface area contributed by atoms with Gasteiger partial charge in [-0.1, -0.05) is 68.3 Å². The molecular weight excluding hydrogens is 499 g/mol. The minimum Gasteiger partial charge on any atom is -0.462 e. The Balaban J connectivity index is 1.77. The normalized spacial score (nSPS) is 11.2. The van der Waals surface area contributed by atoms with Gasteiger partial charge in [0.15, 0.2) is 0 Å². The van der Waals surface area contributed by atoms with E-state index in [1.165, 1.54) is 6.07 Å². The lowest BCUT2D eigenvalue weighted by Gasteiger charge is -2.18. The summed E-state index contributed by atoms with van der Waals surface area (Å²) in [5, 5.41) is 0. The molecule has 1 atom stereocenters. The second-order valence-corrected chi connectivity index (χ2v) is 8.92. The minimum atomic E-state index is -0.582. The zero-order chi connectivity index (χ0) is 28.5. The quantitative estimate of drug-likeness (QED) is 0.159. The van der Waals surface area contributed by atoms with E-state index in [0.717, 1.165) is 17.2 Å². The Morgan fingerprint density at radius 3 is 1.92 bits per heavy atom. The molecule has 39 heavy (non-hydrogen) atoms. The first-order valence-electron chi connectivity index (χ1n) is 12.1. The fraction of sp³-hybridized carbons (Fsp3) is 0.156. The van der Waals surface area contributed by atoms with Crippen molar-refractivity contribution < 1.29 is 33.0 Å². The van der Waals surface area contributed by atoms with E-state index in [1.54, 1.807) is 50.2 Å². The highest BCUT2D eigenvalue weighted by Crippen LogP contribution is 2.30. The summed E-state index contributed by atoms with van der Waals surface area (Å²) in [4.78, 5) is 35.1. The fourth-order valence-corrected chi connectivity index (χ4v) is 3.55. The van der Waals surface area contributed by atoms with Crippen molar-refractivity contribution in [2.24, 2.45) is 0 Å². The molecular formula is C32H29FO6. The van der Waals surface area contributed by atoms with Gasteiger partial charge in [-0.2, -0.15) is 0 Å². The predicted molar refractivity (Wildman–Crippen MR) is 147 cm³/mol. The average Bonchev–Trinajstić information content (AvgIpc) is 2.93. The summed E-state index contributed by atoms with van der Waals surface area (Å²) in [7, 11) is 0. The summed E-state index contributed by atoms with van der Waals surface area (Å²) in [6, 6.07) is 18.7. The summed E-state index contributed by atoms with van der Waals surface area (Å²) in [5.74, 6) is -2.13. The van der Waals surface area contributed by atoms with Crippen molar-refractivity contribution in [1.29, 1.82) is 0 Å². The van der Waals surface area contributed by atoms with E-state index in [1.807, 2.05) is 24.3 Å². The molecule has 1 unspecified atom stereocenters. The lowest BCUT2D eigenvalue weighted by Crippen LogP contribution is -2.19. The Kier molecular flexibility index (Phi) is 9.70. The Morgan fingerprint density at radius 2 is 1.36 bits per heavy atom. The molecule has 0 spiro atoms. The van der Waals surface area contributed by atoms with Crippen molar-refractivity contribution in [1.82, 2.24) is 0 Å². The second-order valence-electron chi connectivity index (χ2n) is 8.92. The monoisotopic (exact) mass is 528 g/mol. The summed E-state index contributed by atoms with van der Waals surface area (Å²) in [5.41, 5.74) is 3.79. The molecule has 3 rings (SSSR count). The van der Waals surface area contributed by atoms with E-state index in [9.17, 15) is 14.4 Å². The van der Waals surface area contributed by atoms with Gasteiger partial charge in [-0.05, 0) is 54.3 Å². The van der Waals surface area contributed by atoms with Crippen LogP contribution in [-0.2, 0) is 23.9 Å². The summed E-state index contributed by atoms with van der Waals surface area (Å²) < 4.78 is 30.7. The zero-order valence-corrected chi connectivity index (χ0v) is 21.9. The van der Waals surface area contributed by atoms with Gasteiger partial charge in [0.1, 0.15) is 24.8 Å². The molecule has 0 aliphatic heterocycles. The molecule has 0 aromatic heterocycles. The molecule has 0 N–H and O–H groups in total. The van der Waals surface area contributed by atoms with Crippen LogP contribution in [-0.4, -0.2) is 31.1 Å². The highest BCUT2D eigenvalue weighted by molar-refractivity contribution is 5.89. The molecule has 0 aliphatic carbocycles. The molecule has 3 aromatic carbocycles. The second kappa shape index (κ2) is 13.1. The Labute approximate surface area is 227 Å². The number of hydrogen-bond acceptors (Lipinski definition) is 6. The maximum atomic E-state index is 15.1. The van der Waals surface area contributed by atoms with Crippen LogP contribution in [0.5, 0.6) is 5.75 Å². The van der Waals surface area contributed by atoms with Crippen LogP contribution in [0.1, 0.15) is 25.3 Å². The van der Waals surface area contributed by atoms with Crippen LogP contribution in [0.3, 0.4) is 0 Å². The number of rotatable bonds is 11. The highest BCUT2D eigenvalue weighted by atomic mass is 19.1. The number of ether oxygens (including phenoxy) is 3. The van der Waals surface area contributed by atoms with Crippen molar-refractivity contribution in [3.05, 3.63) is 115 Å². The van der Waals surface area contributed by atoms with Gasteiger partial charge in [0.25, 0.3) is 0 Å². The van der Waals surface area contributed by atoms with Gasteiger partial charge in [0, 0.05) is 22.8 Å². The van der Waals surface area contributed by atoms with Crippen molar-refractivity contribution in [3.8, 4) is 28.0 Å². The third kappa shape index (κ3) is 7.85. The van der Waals surface area contributed by atoms with Crippen LogP contribution in [0.4, 0.5) is 4.39 Å². The molecule has 0 fully saturated rings. The van der Waals surface area contributed by atoms with E-state index in [4.69, 9.17) is 14.2 Å². The Hall–Kier alpha value is -4.78. The minimum absolute atomic E-state index is 0.00995. The smallest absolute Gasteiger partial charge is 0.338 e. The van der Waals surface area contributed by atoms with Crippen molar-refractivity contribution in [3.63, 3.8) is 0 Å². The molecule has 0 heterocycles. The standard InChI is InChI=1S/C32H29FO6/c1-6-30(34)37-18-26(19-38-31(35)20(2)3)23-9-7-22(8-10-23)25-13-16-28(29(33)17-25)24-11-14-27(15-12-24)39-32(36)21(4)5/h6-17,26H,1-2,4,18-19H2,3,5H3.